The van der Waals surface area contributed by atoms with Crippen LogP contribution >= 0.6 is 11.3 Å². The normalized spacial score (nSPS) is 11.8. The van der Waals surface area contributed by atoms with Crippen molar-refractivity contribution in [1.82, 2.24) is 15.6 Å². The molecule has 1 aromatic heterocycles. The Hall–Kier alpha value is -2.08. The largest absolute Gasteiger partial charge is 0.497 e. The number of aryl methyl sites for hydroxylation is 1. The lowest BCUT2D eigenvalue weighted by molar-refractivity contribution is 0.237. The number of nitrogens with one attached hydrogen (secondary N) is 2. The zero-order valence-electron chi connectivity index (χ0n) is 14.5. The zero-order valence-corrected chi connectivity index (χ0v) is 15.3. The number of carbonyl (C=O) groups is 1. The van der Waals surface area contributed by atoms with Crippen LogP contribution in [-0.4, -0.2) is 24.7 Å². The zero-order chi connectivity index (χ0) is 17.4. The molecule has 2 aromatic rings. The van der Waals surface area contributed by atoms with Gasteiger partial charge in [0.2, 0.25) is 0 Å². The van der Waals surface area contributed by atoms with Gasteiger partial charge in [-0.1, -0.05) is 26.0 Å². The predicted octanol–water partition coefficient (Wildman–Crippen LogP) is 3.71. The molecule has 0 spiro atoms. The van der Waals surface area contributed by atoms with Crippen molar-refractivity contribution in [3.05, 3.63) is 45.9 Å². The van der Waals surface area contributed by atoms with Gasteiger partial charge in [0.25, 0.3) is 0 Å². The lowest BCUT2D eigenvalue weighted by atomic mass is 10.0. The number of ether oxygens (including phenoxy) is 1. The SMILES string of the molecule is CCc1nc(CCNC(=O)NC(CC)c2ccc(OC)cc2)cs1. The van der Waals surface area contributed by atoms with Gasteiger partial charge in [0.05, 0.1) is 23.9 Å². The average Bonchev–Trinajstić information content (AvgIpc) is 3.08. The first-order valence-corrected chi connectivity index (χ1v) is 9.15. The molecule has 2 amide bonds. The van der Waals surface area contributed by atoms with E-state index in [0.717, 1.165) is 41.3 Å². The molecule has 1 heterocycles. The van der Waals surface area contributed by atoms with E-state index >= 15 is 0 Å². The van der Waals surface area contributed by atoms with E-state index in [4.69, 9.17) is 4.74 Å². The first-order valence-electron chi connectivity index (χ1n) is 8.27. The van der Waals surface area contributed by atoms with Crippen LogP contribution in [0.25, 0.3) is 0 Å². The maximum absolute atomic E-state index is 12.1. The molecule has 2 rings (SSSR count). The third-order valence-corrected chi connectivity index (χ3v) is 4.84. The van der Waals surface area contributed by atoms with Crippen molar-refractivity contribution in [2.75, 3.05) is 13.7 Å². The summed E-state index contributed by atoms with van der Waals surface area (Å²) in [7, 11) is 1.64. The van der Waals surface area contributed by atoms with Crippen molar-refractivity contribution in [3.8, 4) is 5.75 Å². The van der Waals surface area contributed by atoms with Crippen molar-refractivity contribution in [1.29, 1.82) is 0 Å². The summed E-state index contributed by atoms with van der Waals surface area (Å²) in [5, 5.41) is 9.12. The predicted molar refractivity (Wildman–Crippen MR) is 97.8 cm³/mol. The Kier molecular flexibility index (Phi) is 7.06. The Morgan fingerprint density at radius 3 is 2.62 bits per heavy atom. The van der Waals surface area contributed by atoms with E-state index in [0.29, 0.717) is 6.54 Å². The molecule has 1 unspecified atom stereocenters. The highest BCUT2D eigenvalue weighted by Crippen LogP contribution is 2.19. The Balaban J connectivity index is 1.80. The lowest BCUT2D eigenvalue weighted by Gasteiger charge is -2.18. The summed E-state index contributed by atoms with van der Waals surface area (Å²) in [6, 6.07) is 7.62. The molecular formula is C18H25N3O2S. The molecule has 6 heteroatoms. The Labute approximate surface area is 147 Å². The van der Waals surface area contributed by atoms with Gasteiger partial charge in [-0.05, 0) is 30.5 Å². The Morgan fingerprint density at radius 1 is 1.29 bits per heavy atom. The molecule has 0 fully saturated rings. The Bertz CT molecular complexity index is 640. The van der Waals surface area contributed by atoms with Crippen LogP contribution in [-0.2, 0) is 12.8 Å². The minimum absolute atomic E-state index is 0.0122. The molecular weight excluding hydrogens is 322 g/mol. The lowest BCUT2D eigenvalue weighted by Crippen LogP contribution is -2.38. The standard InChI is InChI=1S/C18H25N3O2S/c1-4-16(13-6-8-15(23-3)9-7-13)21-18(22)19-11-10-14-12-24-17(5-2)20-14/h6-9,12,16H,4-5,10-11H2,1-3H3,(H2,19,21,22). The number of nitrogens with zero attached hydrogens (tertiary/aromatic N) is 1. The van der Waals surface area contributed by atoms with Crippen LogP contribution in [0.5, 0.6) is 5.75 Å². The number of amides is 2. The van der Waals surface area contributed by atoms with Crippen molar-refractivity contribution in [2.45, 2.75) is 39.2 Å². The molecule has 0 aliphatic rings. The number of benzene rings is 1. The van der Waals surface area contributed by atoms with Gasteiger partial charge in [-0.2, -0.15) is 0 Å². The van der Waals surface area contributed by atoms with Crippen LogP contribution in [0, 0.1) is 0 Å². The molecule has 0 saturated heterocycles. The second kappa shape index (κ2) is 9.27. The fourth-order valence-electron chi connectivity index (χ4n) is 2.40. The molecule has 0 radical (unpaired) electrons. The molecule has 5 nitrogen and oxygen atoms in total. The van der Waals surface area contributed by atoms with E-state index in [1.807, 2.05) is 24.3 Å². The van der Waals surface area contributed by atoms with Crippen molar-refractivity contribution >= 4 is 17.4 Å². The van der Waals surface area contributed by atoms with E-state index in [1.54, 1.807) is 18.4 Å². The molecule has 0 aliphatic carbocycles. The maximum Gasteiger partial charge on any atom is 0.315 e. The molecule has 2 N–H and O–H groups in total. The second-order valence-corrected chi connectivity index (χ2v) is 6.41. The summed E-state index contributed by atoms with van der Waals surface area (Å²) in [5.41, 5.74) is 2.11. The summed E-state index contributed by atoms with van der Waals surface area (Å²) >= 11 is 1.67. The summed E-state index contributed by atoms with van der Waals surface area (Å²) in [5.74, 6) is 0.813. The highest BCUT2D eigenvalue weighted by atomic mass is 32.1. The van der Waals surface area contributed by atoms with Crippen LogP contribution in [0.1, 0.15) is 42.6 Å². The van der Waals surface area contributed by atoms with E-state index in [9.17, 15) is 4.79 Å². The number of rotatable bonds is 8. The van der Waals surface area contributed by atoms with Gasteiger partial charge in [0.15, 0.2) is 0 Å². The molecule has 0 saturated carbocycles. The first kappa shape index (κ1) is 18.3. The molecule has 130 valence electrons. The first-order chi connectivity index (χ1) is 11.7. The van der Waals surface area contributed by atoms with Crippen LogP contribution in [0.15, 0.2) is 29.6 Å². The van der Waals surface area contributed by atoms with Gasteiger partial charge in [0, 0.05) is 18.3 Å². The van der Waals surface area contributed by atoms with Crippen LogP contribution in [0.4, 0.5) is 4.79 Å². The van der Waals surface area contributed by atoms with Crippen molar-refractivity contribution in [3.63, 3.8) is 0 Å². The quantitative estimate of drug-likeness (QED) is 0.765. The number of urea groups is 1. The summed E-state index contributed by atoms with van der Waals surface area (Å²) < 4.78 is 5.16. The molecule has 1 aromatic carbocycles. The molecule has 24 heavy (non-hydrogen) atoms. The van der Waals surface area contributed by atoms with Crippen LogP contribution in [0.3, 0.4) is 0 Å². The van der Waals surface area contributed by atoms with E-state index in [2.05, 4.69) is 34.8 Å². The van der Waals surface area contributed by atoms with Crippen LogP contribution in [0.2, 0.25) is 0 Å². The average molecular weight is 347 g/mol. The fourth-order valence-corrected chi connectivity index (χ4v) is 3.18. The highest BCUT2D eigenvalue weighted by molar-refractivity contribution is 7.09. The van der Waals surface area contributed by atoms with E-state index in [1.165, 1.54) is 0 Å². The van der Waals surface area contributed by atoms with E-state index < -0.39 is 0 Å². The molecule has 1 atom stereocenters. The van der Waals surface area contributed by atoms with Gasteiger partial charge in [-0.3, -0.25) is 0 Å². The van der Waals surface area contributed by atoms with Crippen molar-refractivity contribution < 1.29 is 9.53 Å². The number of methoxy groups -OCH3 is 1. The third kappa shape index (κ3) is 5.23. The van der Waals surface area contributed by atoms with Crippen molar-refractivity contribution in [2.24, 2.45) is 0 Å². The molecule has 0 bridgehead atoms. The monoisotopic (exact) mass is 347 g/mol. The number of hydrogen-bond donors (Lipinski definition) is 2. The van der Waals surface area contributed by atoms with Gasteiger partial charge in [0.1, 0.15) is 5.75 Å². The second-order valence-electron chi connectivity index (χ2n) is 5.47. The van der Waals surface area contributed by atoms with Gasteiger partial charge >= 0.3 is 6.03 Å². The summed E-state index contributed by atoms with van der Waals surface area (Å²) in [4.78, 5) is 16.6. The van der Waals surface area contributed by atoms with Gasteiger partial charge < -0.3 is 15.4 Å². The van der Waals surface area contributed by atoms with Gasteiger partial charge in [-0.25, -0.2) is 9.78 Å². The number of thiazole rings is 1. The minimum Gasteiger partial charge on any atom is -0.497 e. The molecule has 0 aliphatic heterocycles. The number of hydrogen-bond acceptors (Lipinski definition) is 4. The third-order valence-electron chi connectivity index (χ3n) is 3.80. The summed E-state index contributed by atoms with van der Waals surface area (Å²) in [6.07, 6.45) is 2.54. The Morgan fingerprint density at radius 2 is 2.04 bits per heavy atom. The highest BCUT2D eigenvalue weighted by Gasteiger charge is 2.12. The fraction of sp³-hybridized carbons (Fsp3) is 0.444. The number of carbonyl (C=O) groups excluding carboxylic acids is 1. The maximum atomic E-state index is 12.1. The summed E-state index contributed by atoms with van der Waals surface area (Å²) in [6.45, 7) is 4.73. The minimum atomic E-state index is -0.149. The van der Waals surface area contributed by atoms with Crippen LogP contribution < -0.4 is 15.4 Å². The smallest absolute Gasteiger partial charge is 0.315 e. The van der Waals surface area contributed by atoms with Gasteiger partial charge in [-0.15, -0.1) is 11.3 Å². The van der Waals surface area contributed by atoms with E-state index in [-0.39, 0.29) is 12.1 Å². The topological polar surface area (TPSA) is 63.2 Å². The number of aromatic nitrogens is 1.